The first-order valence-electron chi connectivity index (χ1n) is 8.19. The molecule has 27 heavy (non-hydrogen) atoms. The van der Waals surface area contributed by atoms with E-state index in [1.54, 1.807) is 0 Å². The summed E-state index contributed by atoms with van der Waals surface area (Å²) in [5.41, 5.74) is -0.310. The van der Waals surface area contributed by atoms with Crippen LogP contribution in [0.15, 0.2) is 49.0 Å². The van der Waals surface area contributed by atoms with Crippen molar-refractivity contribution in [3.63, 3.8) is 0 Å². The fourth-order valence-corrected chi connectivity index (χ4v) is 3.58. The maximum Gasteiger partial charge on any atom is 0.330 e. The number of carbonyl (C=O) groups is 1. The third-order valence-corrected chi connectivity index (χ3v) is 5.59. The van der Waals surface area contributed by atoms with Gasteiger partial charge in [0, 0.05) is 23.6 Å². The van der Waals surface area contributed by atoms with Crippen molar-refractivity contribution in [2.24, 2.45) is 0 Å². The van der Waals surface area contributed by atoms with Crippen LogP contribution in [0, 0.1) is 0 Å². The number of benzene rings is 1. The lowest BCUT2D eigenvalue weighted by atomic mass is 10.1. The highest BCUT2D eigenvalue weighted by Crippen LogP contribution is 2.27. The second kappa shape index (κ2) is 8.51. The highest BCUT2D eigenvalue weighted by Gasteiger charge is 2.35. The number of amides is 1. The Balaban J connectivity index is 1.60. The number of halogens is 2. The van der Waals surface area contributed by atoms with Gasteiger partial charge in [0.25, 0.3) is 5.56 Å². The molecule has 3 atom stereocenters. The maximum atomic E-state index is 12.1. The molecule has 1 aliphatic heterocycles. The summed E-state index contributed by atoms with van der Waals surface area (Å²) in [4.78, 5) is 37.7. The predicted molar refractivity (Wildman–Crippen MR) is 104 cm³/mol. The number of nitrogens with one attached hydrogen (secondary N) is 2. The third kappa shape index (κ3) is 4.75. The van der Waals surface area contributed by atoms with Gasteiger partial charge in [0.1, 0.15) is 12.3 Å². The van der Waals surface area contributed by atoms with Crippen molar-refractivity contribution < 1.29 is 14.6 Å². The van der Waals surface area contributed by atoms with Crippen molar-refractivity contribution in [3.05, 3.63) is 65.8 Å². The monoisotopic (exact) mass is 501 g/mol. The van der Waals surface area contributed by atoms with Gasteiger partial charge in [-0.25, -0.2) is 4.79 Å². The van der Waals surface area contributed by atoms with Crippen LogP contribution in [0.4, 0.5) is 0 Å². The van der Waals surface area contributed by atoms with Crippen LogP contribution in [-0.2, 0) is 16.0 Å². The molecule has 0 spiro atoms. The van der Waals surface area contributed by atoms with E-state index in [1.807, 2.05) is 24.3 Å². The van der Waals surface area contributed by atoms with Gasteiger partial charge in [-0.05, 0) is 27.6 Å². The number of aromatic amines is 1. The van der Waals surface area contributed by atoms with Gasteiger partial charge in [0.15, 0.2) is 0 Å². The Bertz CT molecular complexity index is 958. The number of hydrogen-bond donors (Lipinski definition) is 3. The molecule has 1 aromatic heterocycles. The van der Waals surface area contributed by atoms with Crippen LogP contribution < -0.4 is 16.6 Å². The summed E-state index contributed by atoms with van der Waals surface area (Å²) in [5, 5.41) is 12.9. The predicted octanol–water partition coefficient (Wildman–Crippen LogP) is 1.07. The molecule has 1 aromatic carbocycles. The van der Waals surface area contributed by atoms with E-state index in [4.69, 9.17) is 4.74 Å². The smallest absolute Gasteiger partial charge is 0.330 e. The second-order valence-electron chi connectivity index (χ2n) is 6.15. The summed E-state index contributed by atoms with van der Waals surface area (Å²) in [6.07, 6.45) is -0.548. The Hall–Kier alpha value is -1.75. The average Bonchev–Trinajstić information content (AvgIpc) is 2.99. The van der Waals surface area contributed by atoms with Gasteiger partial charge in [-0.2, -0.15) is 0 Å². The minimum atomic E-state index is -0.851. The molecule has 2 aromatic rings. The van der Waals surface area contributed by atoms with Crippen molar-refractivity contribution in [1.82, 2.24) is 14.9 Å². The zero-order chi connectivity index (χ0) is 19.6. The number of nitrogens with zero attached hydrogens (tertiary/aromatic N) is 1. The van der Waals surface area contributed by atoms with Crippen LogP contribution >= 0.6 is 31.9 Å². The van der Waals surface area contributed by atoms with Gasteiger partial charge in [-0.3, -0.25) is 19.1 Å². The first kappa shape index (κ1) is 20.0. The molecule has 0 radical (unpaired) electrons. The summed E-state index contributed by atoms with van der Waals surface area (Å²) in [7, 11) is 0. The van der Waals surface area contributed by atoms with Crippen LogP contribution in [0.2, 0.25) is 0 Å². The molecule has 144 valence electrons. The fourth-order valence-electron chi connectivity index (χ4n) is 2.84. The van der Waals surface area contributed by atoms with E-state index in [1.165, 1.54) is 10.8 Å². The largest absolute Gasteiger partial charge is 0.390 e. The first-order chi connectivity index (χ1) is 12.8. The molecule has 3 rings (SSSR count). The number of hydrogen-bond acceptors (Lipinski definition) is 5. The van der Waals surface area contributed by atoms with Crippen LogP contribution in [-0.4, -0.2) is 39.3 Å². The molecule has 0 bridgehead atoms. The van der Waals surface area contributed by atoms with Gasteiger partial charge < -0.3 is 15.2 Å². The maximum absolute atomic E-state index is 12.1. The lowest BCUT2D eigenvalue weighted by Crippen LogP contribution is -2.38. The van der Waals surface area contributed by atoms with Gasteiger partial charge in [-0.15, -0.1) is 0 Å². The number of aliphatic hydroxyl groups excluding tert-OH is 1. The quantitative estimate of drug-likeness (QED) is 0.566. The van der Waals surface area contributed by atoms with Gasteiger partial charge in [0.2, 0.25) is 5.91 Å². The molecular formula is C17H17Br2N3O5. The van der Waals surface area contributed by atoms with Crippen molar-refractivity contribution in [1.29, 1.82) is 0 Å². The summed E-state index contributed by atoms with van der Waals surface area (Å²) in [6.45, 7) is 0.111. The number of aliphatic hydroxyl groups is 1. The Morgan fingerprint density at radius 3 is 2.78 bits per heavy atom. The third-order valence-electron chi connectivity index (χ3n) is 4.25. The molecule has 3 N–H and O–H groups in total. The van der Waals surface area contributed by atoms with Crippen LogP contribution in [0.5, 0.6) is 0 Å². The number of rotatable bonds is 5. The van der Waals surface area contributed by atoms with E-state index in [0.717, 1.165) is 10.0 Å². The highest BCUT2D eigenvalue weighted by atomic mass is 79.9. The Morgan fingerprint density at radius 2 is 2.04 bits per heavy atom. The molecule has 1 fully saturated rings. The number of aromatic nitrogens is 2. The topological polar surface area (TPSA) is 113 Å². The lowest BCUT2D eigenvalue weighted by Gasteiger charge is -2.17. The zero-order valence-electron chi connectivity index (χ0n) is 14.0. The lowest BCUT2D eigenvalue weighted by molar-refractivity contribution is -0.121. The van der Waals surface area contributed by atoms with Gasteiger partial charge >= 0.3 is 5.69 Å². The standard InChI is InChI=1S/C17H17Br2N3O5/c18-10-4-2-1-3-9(10)5-14(24)20-7-13-12(23)6-15(27-13)22-8-11(19)16(25)21-17(22)26/h1-4,8,12-13,15,23H,5-7H2,(H,20,24)(H,21,25,26)/t12-,13+,15+/m0/s1. The first-order valence-corrected chi connectivity index (χ1v) is 9.78. The number of carbonyl (C=O) groups excluding carboxylic acids is 1. The molecule has 2 heterocycles. The minimum absolute atomic E-state index is 0.111. The molecule has 0 aliphatic carbocycles. The van der Waals surface area contributed by atoms with Crippen molar-refractivity contribution in [3.8, 4) is 0 Å². The number of H-pyrrole nitrogens is 1. The minimum Gasteiger partial charge on any atom is -0.390 e. The summed E-state index contributed by atoms with van der Waals surface area (Å²) in [5.74, 6) is -0.204. The molecule has 8 nitrogen and oxygen atoms in total. The van der Waals surface area contributed by atoms with E-state index in [9.17, 15) is 19.5 Å². The fraction of sp³-hybridized carbons (Fsp3) is 0.353. The van der Waals surface area contributed by atoms with Gasteiger partial charge in [-0.1, -0.05) is 34.1 Å². The second-order valence-corrected chi connectivity index (χ2v) is 7.86. The Kier molecular flexibility index (Phi) is 6.30. The van der Waals surface area contributed by atoms with Gasteiger partial charge in [0.05, 0.1) is 17.0 Å². The molecule has 1 saturated heterocycles. The van der Waals surface area contributed by atoms with E-state index >= 15 is 0 Å². The molecule has 1 aliphatic rings. The van der Waals surface area contributed by atoms with Crippen molar-refractivity contribution in [2.45, 2.75) is 31.3 Å². The van der Waals surface area contributed by atoms with Crippen LogP contribution in [0.1, 0.15) is 18.2 Å². The summed E-state index contributed by atoms with van der Waals surface area (Å²) in [6, 6.07) is 7.42. The Morgan fingerprint density at radius 1 is 1.30 bits per heavy atom. The zero-order valence-corrected chi connectivity index (χ0v) is 17.2. The summed E-state index contributed by atoms with van der Waals surface area (Å²) < 4.78 is 7.94. The van der Waals surface area contributed by atoms with E-state index in [-0.39, 0.29) is 29.8 Å². The molecular weight excluding hydrogens is 486 g/mol. The van der Waals surface area contributed by atoms with Crippen molar-refractivity contribution in [2.75, 3.05) is 6.54 Å². The molecule has 10 heteroatoms. The normalized spacial score (nSPS) is 22.0. The average molecular weight is 503 g/mol. The molecule has 0 unspecified atom stereocenters. The molecule has 1 amide bonds. The number of ether oxygens (including phenoxy) is 1. The van der Waals surface area contributed by atoms with E-state index < -0.39 is 29.7 Å². The van der Waals surface area contributed by atoms with E-state index in [2.05, 4.69) is 42.2 Å². The summed E-state index contributed by atoms with van der Waals surface area (Å²) >= 11 is 6.46. The molecule has 0 saturated carbocycles. The Labute approximate surface area is 170 Å². The van der Waals surface area contributed by atoms with Crippen LogP contribution in [0.25, 0.3) is 0 Å². The van der Waals surface area contributed by atoms with Crippen molar-refractivity contribution >= 4 is 37.8 Å². The highest BCUT2D eigenvalue weighted by molar-refractivity contribution is 9.10. The SMILES string of the molecule is O=C(Cc1ccccc1Br)NC[C@H]1O[C@@H](n2cc(Br)c(=O)[nH]c2=O)C[C@@H]1O. The van der Waals surface area contributed by atoms with Crippen LogP contribution in [0.3, 0.4) is 0 Å². The van der Waals surface area contributed by atoms with E-state index in [0.29, 0.717) is 0 Å².